The van der Waals surface area contributed by atoms with Crippen LogP contribution in [0.15, 0.2) is 206 Å². The van der Waals surface area contributed by atoms with E-state index in [4.69, 9.17) is 9.97 Å². The Balaban J connectivity index is 1.04. The summed E-state index contributed by atoms with van der Waals surface area (Å²) in [5, 5.41) is 9.65. The van der Waals surface area contributed by atoms with E-state index in [-0.39, 0.29) is 0 Å². The Labute approximate surface area is 334 Å². The summed E-state index contributed by atoms with van der Waals surface area (Å²) in [6, 6.07) is 73.8. The number of para-hydroxylation sites is 3. The molecule has 0 fully saturated rings. The van der Waals surface area contributed by atoms with E-state index in [0.717, 1.165) is 39.5 Å². The molecule has 4 nitrogen and oxygen atoms in total. The van der Waals surface area contributed by atoms with Gasteiger partial charge in [0.15, 0.2) is 5.82 Å². The number of fused-ring (bicyclic) bond motifs is 8. The first-order chi connectivity index (χ1) is 28.7. The van der Waals surface area contributed by atoms with Crippen molar-refractivity contribution in [3.05, 3.63) is 206 Å². The van der Waals surface area contributed by atoms with Gasteiger partial charge in [-0.15, -0.1) is 0 Å². The molecule has 0 bridgehead atoms. The molecule has 270 valence electrons. The summed E-state index contributed by atoms with van der Waals surface area (Å²) >= 11 is 0. The average Bonchev–Trinajstić information content (AvgIpc) is 3.80. The maximum atomic E-state index is 5.27. The van der Waals surface area contributed by atoms with Crippen LogP contribution >= 0.6 is 0 Å². The fourth-order valence-electron chi connectivity index (χ4n) is 8.98. The minimum atomic E-state index is 0.692. The molecule has 12 aromatic rings. The first-order valence-electron chi connectivity index (χ1n) is 19.7. The predicted molar refractivity (Wildman–Crippen MR) is 242 cm³/mol. The molecular formula is C54H34N4. The van der Waals surface area contributed by atoms with Crippen LogP contribution in [0.1, 0.15) is 0 Å². The molecule has 3 aromatic heterocycles. The van der Waals surface area contributed by atoms with Crippen molar-refractivity contribution in [3.8, 4) is 45.3 Å². The van der Waals surface area contributed by atoms with Gasteiger partial charge in [0.1, 0.15) is 0 Å². The lowest BCUT2D eigenvalue weighted by atomic mass is 9.99. The SMILES string of the molecule is c1ccc(-n2c3ccccc3c3cc4c(cc32)c2ccccc2n4-c2ccc(-c3nc(-c4ccc5ccccc5c4)cc(-c4cccc5ccccc45)n3)cc2)cc1. The Morgan fingerprint density at radius 1 is 0.293 bits per heavy atom. The minimum absolute atomic E-state index is 0.692. The Kier molecular flexibility index (Phi) is 7.20. The van der Waals surface area contributed by atoms with Gasteiger partial charge in [-0.25, -0.2) is 9.97 Å². The second-order valence-electron chi connectivity index (χ2n) is 15.0. The van der Waals surface area contributed by atoms with Crippen LogP contribution in [0.5, 0.6) is 0 Å². The maximum absolute atomic E-state index is 5.27. The van der Waals surface area contributed by atoms with Gasteiger partial charge < -0.3 is 9.13 Å². The monoisotopic (exact) mass is 738 g/mol. The van der Waals surface area contributed by atoms with Crippen LogP contribution in [0, 0.1) is 0 Å². The standard InChI is InChI=1S/C54H34N4/c1-2-17-40(18-3-1)57-50-23-10-8-20-44(50)46-33-53-47(32-52(46)57)45-21-9-11-24-51(45)58(53)41-29-27-37(28-30-41)54-55-48(39-26-25-35-13-4-5-15-38(35)31-39)34-49(56-54)43-22-12-16-36-14-6-7-19-42(36)43/h1-34H. The summed E-state index contributed by atoms with van der Waals surface area (Å²) < 4.78 is 4.79. The highest BCUT2D eigenvalue weighted by atomic mass is 15.0. The summed E-state index contributed by atoms with van der Waals surface area (Å²) in [5.41, 5.74) is 11.9. The zero-order valence-corrected chi connectivity index (χ0v) is 31.4. The minimum Gasteiger partial charge on any atom is -0.309 e. The van der Waals surface area contributed by atoms with Crippen LogP contribution in [0.2, 0.25) is 0 Å². The lowest BCUT2D eigenvalue weighted by molar-refractivity contribution is 1.16. The van der Waals surface area contributed by atoms with Crippen LogP contribution < -0.4 is 0 Å². The largest absolute Gasteiger partial charge is 0.309 e. The van der Waals surface area contributed by atoms with Crippen molar-refractivity contribution < 1.29 is 0 Å². The van der Waals surface area contributed by atoms with Crippen molar-refractivity contribution in [2.24, 2.45) is 0 Å². The van der Waals surface area contributed by atoms with Crippen LogP contribution in [0.3, 0.4) is 0 Å². The lowest BCUT2D eigenvalue weighted by Crippen LogP contribution is -1.98. The molecule has 58 heavy (non-hydrogen) atoms. The average molecular weight is 739 g/mol. The van der Waals surface area contributed by atoms with Crippen molar-refractivity contribution in [2.75, 3.05) is 0 Å². The third-order valence-corrected chi connectivity index (χ3v) is 11.7. The fourth-order valence-corrected chi connectivity index (χ4v) is 8.98. The van der Waals surface area contributed by atoms with E-state index in [1.165, 1.54) is 65.2 Å². The van der Waals surface area contributed by atoms with Crippen LogP contribution in [0.4, 0.5) is 0 Å². The molecule has 0 saturated carbocycles. The van der Waals surface area contributed by atoms with Crippen molar-refractivity contribution in [1.29, 1.82) is 0 Å². The van der Waals surface area contributed by atoms with Gasteiger partial charge >= 0.3 is 0 Å². The second-order valence-corrected chi connectivity index (χ2v) is 15.0. The zero-order valence-electron chi connectivity index (χ0n) is 31.4. The van der Waals surface area contributed by atoms with Gasteiger partial charge in [-0.1, -0.05) is 133 Å². The molecule has 0 aliphatic rings. The van der Waals surface area contributed by atoms with Crippen molar-refractivity contribution in [2.45, 2.75) is 0 Å². The molecule has 4 heteroatoms. The number of hydrogen-bond acceptors (Lipinski definition) is 2. The Hall–Kier alpha value is -7.82. The second kappa shape index (κ2) is 12.9. The van der Waals surface area contributed by atoms with Gasteiger partial charge in [0, 0.05) is 49.6 Å². The normalized spacial score (nSPS) is 11.8. The van der Waals surface area contributed by atoms with Gasteiger partial charge in [-0.2, -0.15) is 0 Å². The highest BCUT2D eigenvalue weighted by molar-refractivity contribution is 6.19. The first-order valence-corrected chi connectivity index (χ1v) is 19.7. The van der Waals surface area contributed by atoms with Gasteiger partial charge in [-0.05, 0) is 94.3 Å². The maximum Gasteiger partial charge on any atom is 0.160 e. The molecule has 0 atom stereocenters. The summed E-state index contributed by atoms with van der Waals surface area (Å²) in [4.78, 5) is 10.5. The summed E-state index contributed by atoms with van der Waals surface area (Å²) in [6.45, 7) is 0. The highest BCUT2D eigenvalue weighted by Gasteiger charge is 2.19. The number of aromatic nitrogens is 4. The number of hydrogen-bond donors (Lipinski definition) is 0. The van der Waals surface area contributed by atoms with Crippen LogP contribution in [-0.2, 0) is 0 Å². The number of benzene rings is 9. The Bertz CT molecular complexity index is 3550. The van der Waals surface area contributed by atoms with E-state index in [9.17, 15) is 0 Å². The van der Waals surface area contributed by atoms with E-state index >= 15 is 0 Å². The fraction of sp³-hybridized carbons (Fsp3) is 0. The van der Waals surface area contributed by atoms with Gasteiger partial charge in [0.05, 0.1) is 33.5 Å². The Morgan fingerprint density at radius 3 is 1.53 bits per heavy atom. The molecule has 0 spiro atoms. The highest BCUT2D eigenvalue weighted by Crippen LogP contribution is 2.40. The number of nitrogens with zero attached hydrogens (tertiary/aromatic N) is 4. The Morgan fingerprint density at radius 2 is 0.828 bits per heavy atom. The van der Waals surface area contributed by atoms with Crippen molar-refractivity contribution in [1.82, 2.24) is 19.1 Å². The molecule has 9 aromatic carbocycles. The van der Waals surface area contributed by atoms with Gasteiger partial charge in [0.2, 0.25) is 0 Å². The smallest absolute Gasteiger partial charge is 0.160 e. The lowest BCUT2D eigenvalue weighted by Gasteiger charge is -2.13. The summed E-state index contributed by atoms with van der Waals surface area (Å²) in [7, 11) is 0. The molecule has 0 radical (unpaired) electrons. The summed E-state index contributed by atoms with van der Waals surface area (Å²) in [5.74, 6) is 0.692. The molecule has 12 rings (SSSR count). The molecular weight excluding hydrogens is 705 g/mol. The van der Waals surface area contributed by atoms with E-state index in [1.807, 2.05) is 0 Å². The quantitative estimate of drug-likeness (QED) is 0.176. The van der Waals surface area contributed by atoms with Gasteiger partial charge in [0.25, 0.3) is 0 Å². The first kappa shape index (κ1) is 32.4. The molecule has 0 aliphatic heterocycles. The van der Waals surface area contributed by atoms with E-state index < -0.39 is 0 Å². The molecule has 0 unspecified atom stereocenters. The zero-order chi connectivity index (χ0) is 38.2. The van der Waals surface area contributed by atoms with Crippen molar-refractivity contribution in [3.63, 3.8) is 0 Å². The third-order valence-electron chi connectivity index (χ3n) is 11.7. The predicted octanol–water partition coefficient (Wildman–Crippen LogP) is 14.0. The molecule has 0 saturated heterocycles. The molecule has 0 aliphatic carbocycles. The van der Waals surface area contributed by atoms with Crippen LogP contribution in [-0.4, -0.2) is 19.1 Å². The molecule has 3 heterocycles. The molecule has 0 amide bonds. The number of rotatable bonds is 5. The van der Waals surface area contributed by atoms with E-state index in [2.05, 4.69) is 215 Å². The van der Waals surface area contributed by atoms with Gasteiger partial charge in [-0.3, -0.25) is 0 Å². The van der Waals surface area contributed by atoms with Crippen molar-refractivity contribution >= 4 is 65.2 Å². The molecule has 0 N–H and O–H groups in total. The van der Waals surface area contributed by atoms with E-state index in [1.54, 1.807) is 0 Å². The third kappa shape index (κ3) is 5.09. The van der Waals surface area contributed by atoms with Crippen LogP contribution in [0.25, 0.3) is 110 Å². The van der Waals surface area contributed by atoms with E-state index in [0.29, 0.717) is 5.82 Å². The topological polar surface area (TPSA) is 35.6 Å². The summed E-state index contributed by atoms with van der Waals surface area (Å²) in [6.07, 6.45) is 0.